The molecule has 1 aliphatic heterocycles. The summed E-state index contributed by atoms with van der Waals surface area (Å²) in [4.78, 5) is 24.2. The predicted octanol–water partition coefficient (Wildman–Crippen LogP) is 3.21. The highest BCUT2D eigenvalue weighted by Crippen LogP contribution is 2.27. The number of carbonyl (C=O) groups excluding carboxylic acids is 1. The molecular weight excluding hydrogens is 318 g/mol. The fourth-order valence-electron chi connectivity index (χ4n) is 3.12. The van der Waals surface area contributed by atoms with E-state index in [0.29, 0.717) is 35.8 Å². The third-order valence-corrected chi connectivity index (χ3v) is 4.43. The molecule has 1 fully saturated rings. The number of aromatic carboxylic acids is 1. The van der Waals surface area contributed by atoms with E-state index in [-0.39, 0.29) is 11.5 Å². The first-order valence-electron chi connectivity index (χ1n) is 8.44. The van der Waals surface area contributed by atoms with Crippen molar-refractivity contribution in [2.45, 2.75) is 12.8 Å². The van der Waals surface area contributed by atoms with Gasteiger partial charge in [0.25, 0.3) is 5.91 Å². The van der Waals surface area contributed by atoms with Crippen LogP contribution >= 0.6 is 0 Å². The van der Waals surface area contributed by atoms with Crippen molar-refractivity contribution in [1.29, 1.82) is 0 Å². The average Bonchev–Trinajstić information content (AvgIpc) is 2.67. The molecule has 0 aromatic heterocycles. The average molecular weight is 339 g/mol. The van der Waals surface area contributed by atoms with E-state index in [1.54, 1.807) is 48.5 Å². The lowest BCUT2D eigenvalue weighted by Crippen LogP contribution is -2.33. The van der Waals surface area contributed by atoms with E-state index in [0.717, 1.165) is 19.4 Å². The number of rotatable bonds is 5. The molecule has 5 nitrogen and oxygen atoms in total. The molecule has 1 atom stereocenters. The van der Waals surface area contributed by atoms with Crippen LogP contribution in [0.25, 0.3) is 11.1 Å². The number of carboxylic acids is 1. The Kier molecular flexibility index (Phi) is 5.46. The maximum absolute atomic E-state index is 12.7. The molecule has 2 aromatic rings. The number of carbonyl (C=O) groups is 2. The van der Waals surface area contributed by atoms with Crippen LogP contribution < -0.4 is 5.32 Å². The van der Waals surface area contributed by atoms with E-state index in [1.165, 1.54) is 0 Å². The SMILES string of the molecule is O=C(O)c1ccccc1-c1ccccc1C(=O)NCC1CCCOC1. The Morgan fingerprint density at radius 3 is 2.32 bits per heavy atom. The quantitative estimate of drug-likeness (QED) is 0.877. The van der Waals surface area contributed by atoms with Gasteiger partial charge in [-0.25, -0.2) is 4.79 Å². The molecule has 0 bridgehead atoms. The summed E-state index contributed by atoms with van der Waals surface area (Å²) < 4.78 is 5.44. The molecule has 0 aliphatic carbocycles. The van der Waals surface area contributed by atoms with Crippen LogP contribution in [-0.4, -0.2) is 36.7 Å². The molecule has 1 unspecified atom stereocenters. The van der Waals surface area contributed by atoms with Crippen molar-refractivity contribution < 1.29 is 19.4 Å². The molecule has 1 saturated heterocycles. The van der Waals surface area contributed by atoms with Gasteiger partial charge in [-0.1, -0.05) is 36.4 Å². The molecule has 0 spiro atoms. The minimum atomic E-state index is -1.01. The molecule has 1 heterocycles. The Hall–Kier alpha value is -2.66. The van der Waals surface area contributed by atoms with Crippen molar-refractivity contribution in [2.24, 2.45) is 5.92 Å². The second kappa shape index (κ2) is 7.94. The minimum Gasteiger partial charge on any atom is -0.478 e. The molecule has 5 heteroatoms. The zero-order valence-electron chi connectivity index (χ0n) is 13.9. The van der Waals surface area contributed by atoms with E-state index in [4.69, 9.17) is 4.74 Å². The summed E-state index contributed by atoms with van der Waals surface area (Å²) >= 11 is 0. The van der Waals surface area contributed by atoms with Crippen LogP contribution in [0.5, 0.6) is 0 Å². The highest BCUT2D eigenvalue weighted by atomic mass is 16.5. The maximum atomic E-state index is 12.7. The number of ether oxygens (including phenoxy) is 1. The van der Waals surface area contributed by atoms with E-state index >= 15 is 0 Å². The molecule has 2 aromatic carbocycles. The Morgan fingerprint density at radius 2 is 1.68 bits per heavy atom. The van der Waals surface area contributed by atoms with Crippen LogP contribution in [0, 0.1) is 5.92 Å². The molecule has 1 aliphatic rings. The molecular formula is C20H21NO4. The Bertz CT molecular complexity index is 766. The number of hydrogen-bond acceptors (Lipinski definition) is 3. The lowest BCUT2D eigenvalue weighted by Gasteiger charge is -2.22. The van der Waals surface area contributed by atoms with Crippen LogP contribution in [0.1, 0.15) is 33.6 Å². The van der Waals surface area contributed by atoms with Crippen molar-refractivity contribution in [3.8, 4) is 11.1 Å². The van der Waals surface area contributed by atoms with Gasteiger partial charge in [-0.15, -0.1) is 0 Å². The fourth-order valence-corrected chi connectivity index (χ4v) is 3.12. The van der Waals surface area contributed by atoms with Gasteiger partial charge in [0, 0.05) is 18.7 Å². The summed E-state index contributed by atoms with van der Waals surface area (Å²) in [6, 6.07) is 13.8. The van der Waals surface area contributed by atoms with Gasteiger partial charge < -0.3 is 15.2 Å². The third-order valence-electron chi connectivity index (χ3n) is 4.43. The summed E-state index contributed by atoms with van der Waals surface area (Å²) in [5.41, 5.74) is 1.83. The van der Waals surface area contributed by atoms with Crippen molar-refractivity contribution in [3.05, 3.63) is 59.7 Å². The Labute approximate surface area is 146 Å². The van der Waals surface area contributed by atoms with Gasteiger partial charge in [0.1, 0.15) is 0 Å². The first-order valence-corrected chi connectivity index (χ1v) is 8.44. The first kappa shape index (κ1) is 17.2. The monoisotopic (exact) mass is 339 g/mol. The molecule has 130 valence electrons. The highest BCUT2D eigenvalue weighted by molar-refractivity contribution is 6.04. The van der Waals surface area contributed by atoms with Gasteiger partial charge in [0.05, 0.1) is 12.2 Å². The summed E-state index contributed by atoms with van der Waals surface area (Å²) in [5, 5.41) is 12.4. The second-order valence-electron chi connectivity index (χ2n) is 6.19. The number of benzene rings is 2. The Balaban J connectivity index is 1.83. The van der Waals surface area contributed by atoms with Gasteiger partial charge in [-0.05, 0) is 42.0 Å². The summed E-state index contributed by atoms with van der Waals surface area (Å²) in [5.74, 6) is -0.873. The van der Waals surface area contributed by atoms with Crippen molar-refractivity contribution in [1.82, 2.24) is 5.32 Å². The summed E-state index contributed by atoms with van der Waals surface area (Å²) in [6.45, 7) is 2.02. The fraction of sp³-hybridized carbons (Fsp3) is 0.300. The van der Waals surface area contributed by atoms with Gasteiger partial charge >= 0.3 is 5.97 Å². The normalized spacial score (nSPS) is 17.0. The van der Waals surface area contributed by atoms with E-state index in [1.807, 2.05) is 0 Å². The van der Waals surface area contributed by atoms with E-state index < -0.39 is 5.97 Å². The molecule has 2 N–H and O–H groups in total. The maximum Gasteiger partial charge on any atom is 0.336 e. The third kappa shape index (κ3) is 4.06. The van der Waals surface area contributed by atoms with Crippen molar-refractivity contribution >= 4 is 11.9 Å². The zero-order valence-corrected chi connectivity index (χ0v) is 13.9. The second-order valence-corrected chi connectivity index (χ2v) is 6.19. The topological polar surface area (TPSA) is 75.6 Å². The van der Waals surface area contributed by atoms with Crippen molar-refractivity contribution in [2.75, 3.05) is 19.8 Å². The number of hydrogen-bond donors (Lipinski definition) is 2. The lowest BCUT2D eigenvalue weighted by molar-refractivity contribution is 0.0536. The Morgan fingerprint density at radius 1 is 1.04 bits per heavy atom. The molecule has 0 radical (unpaired) electrons. The zero-order chi connectivity index (χ0) is 17.6. The standard InChI is InChI=1S/C20H21NO4/c22-19(21-12-14-6-5-11-25-13-14)17-9-3-1-7-15(17)16-8-2-4-10-18(16)20(23)24/h1-4,7-10,14H,5-6,11-13H2,(H,21,22)(H,23,24). The van der Waals surface area contributed by atoms with Crippen LogP contribution in [0.2, 0.25) is 0 Å². The number of nitrogens with one attached hydrogen (secondary N) is 1. The van der Waals surface area contributed by atoms with Crippen LogP contribution in [0.3, 0.4) is 0 Å². The van der Waals surface area contributed by atoms with Crippen LogP contribution in [0.15, 0.2) is 48.5 Å². The van der Waals surface area contributed by atoms with Gasteiger partial charge in [-0.2, -0.15) is 0 Å². The largest absolute Gasteiger partial charge is 0.478 e. The van der Waals surface area contributed by atoms with Gasteiger partial charge in [0.15, 0.2) is 0 Å². The summed E-state index contributed by atoms with van der Waals surface area (Å²) in [7, 11) is 0. The van der Waals surface area contributed by atoms with Gasteiger partial charge in [-0.3, -0.25) is 4.79 Å². The molecule has 1 amide bonds. The predicted molar refractivity (Wildman–Crippen MR) is 94.7 cm³/mol. The molecule has 0 saturated carbocycles. The van der Waals surface area contributed by atoms with Gasteiger partial charge in [0.2, 0.25) is 0 Å². The molecule has 3 rings (SSSR count). The van der Waals surface area contributed by atoms with Crippen molar-refractivity contribution in [3.63, 3.8) is 0 Å². The highest BCUT2D eigenvalue weighted by Gasteiger charge is 2.19. The smallest absolute Gasteiger partial charge is 0.336 e. The molecule has 25 heavy (non-hydrogen) atoms. The number of amides is 1. The number of carboxylic acid groups (broad SMARTS) is 1. The first-order chi connectivity index (χ1) is 12.2. The summed E-state index contributed by atoms with van der Waals surface area (Å²) in [6.07, 6.45) is 2.06. The van der Waals surface area contributed by atoms with Crippen LogP contribution in [-0.2, 0) is 4.74 Å². The van der Waals surface area contributed by atoms with Crippen LogP contribution in [0.4, 0.5) is 0 Å². The van der Waals surface area contributed by atoms with E-state index in [9.17, 15) is 14.7 Å². The lowest BCUT2D eigenvalue weighted by atomic mass is 9.94. The minimum absolute atomic E-state index is 0.184. The van der Waals surface area contributed by atoms with E-state index in [2.05, 4.69) is 5.32 Å².